The summed E-state index contributed by atoms with van der Waals surface area (Å²) in [5.74, 6) is 2.93. The molecule has 0 bridgehead atoms. The van der Waals surface area contributed by atoms with Gasteiger partial charge < -0.3 is 10.1 Å². The number of rotatable bonds is 6. The molecule has 1 aromatic carbocycles. The highest BCUT2D eigenvalue weighted by Gasteiger charge is 2.13. The summed E-state index contributed by atoms with van der Waals surface area (Å²) >= 11 is 1.75. The van der Waals surface area contributed by atoms with Gasteiger partial charge in [0.25, 0.3) is 0 Å². The fraction of sp³-hybridized carbons (Fsp3) is 0.368. The Morgan fingerprint density at radius 1 is 1.12 bits per heavy atom. The largest absolute Gasteiger partial charge is 0.494 e. The van der Waals surface area contributed by atoms with E-state index in [2.05, 4.69) is 32.2 Å². The van der Waals surface area contributed by atoms with Gasteiger partial charge in [-0.1, -0.05) is 20.8 Å². The quantitative estimate of drug-likeness (QED) is 0.641. The summed E-state index contributed by atoms with van der Waals surface area (Å²) < 4.78 is 5.50. The van der Waals surface area contributed by atoms with Crippen molar-refractivity contribution in [1.29, 1.82) is 0 Å². The molecular weight excluding hydrogens is 318 g/mol. The normalized spacial score (nSPS) is 11.2. The maximum Gasteiger partial charge on any atom is 0.142 e. The van der Waals surface area contributed by atoms with E-state index in [0.29, 0.717) is 12.5 Å². The van der Waals surface area contributed by atoms with E-state index < -0.39 is 0 Å². The average Bonchev–Trinajstić information content (AvgIpc) is 3.00. The molecule has 5 heteroatoms. The van der Waals surface area contributed by atoms with Gasteiger partial charge in [0, 0.05) is 16.5 Å². The number of hydrogen-bond acceptors (Lipinski definition) is 5. The Hall–Kier alpha value is -2.14. The maximum atomic E-state index is 5.50. The second-order valence-corrected chi connectivity index (χ2v) is 7.07. The molecule has 4 nitrogen and oxygen atoms in total. The number of anilines is 2. The lowest BCUT2D eigenvalue weighted by molar-refractivity contribution is 0.340. The molecule has 0 aliphatic carbocycles. The van der Waals surface area contributed by atoms with Crippen LogP contribution in [0.2, 0.25) is 0 Å². The Balaban J connectivity index is 1.98. The van der Waals surface area contributed by atoms with Gasteiger partial charge in [0.2, 0.25) is 0 Å². The number of aromatic nitrogens is 2. The van der Waals surface area contributed by atoms with Crippen LogP contribution in [0, 0.1) is 0 Å². The van der Waals surface area contributed by atoms with Gasteiger partial charge in [0.15, 0.2) is 0 Å². The molecule has 3 rings (SSSR count). The third-order valence-electron chi connectivity index (χ3n) is 3.75. The highest BCUT2D eigenvalue weighted by molar-refractivity contribution is 7.18. The average molecular weight is 341 g/mol. The first-order chi connectivity index (χ1) is 11.6. The lowest BCUT2D eigenvalue weighted by Crippen LogP contribution is -2.02. The van der Waals surface area contributed by atoms with Gasteiger partial charge in [-0.15, -0.1) is 11.3 Å². The lowest BCUT2D eigenvalue weighted by atomic mass is 10.2. The van der Waals surface area contributed by atoms with Crippen LogP contribution in [0.15, 0.2) is 30.3 Å². The fourth-order valence-electron chi connectivity index (χ4n) is 2.45. The molecule has 0 saturated heterocycles. The zero-order valence-corrected chi connectivity index (χ0v) is 15.4. The van der Waals surface area contributed by atoms with Gasteiger partial charge >= 0.3 is 0 Å². The summed E-state index contributed by atoms with van der Waals surface area (Å²) in [6.07, 6.45) is 1.01. The first kappa shape index (κ1) is 16.7. The van der Waals surface area contributed by atoms with E-state index >= 15 is 0 Å². The van der Waals surface area contributed by atoms with Crippen LogP contribution in [-0.4, -0.2) is 16.6 Å². The van der Waals surface area contributed by atoms with E-state index in [4.69, 9.17) is 14.7 Å². The topological polar surface area (TPSA) is 47.0 Å². The molecule has 0 atom stereocenters. The van der Waals surface area contributed by atoms with Crippen molar-refractivity contribution in [2.75, 3.05) is 11.9 Å². The number of thiophene rings is 1. The van der Waals surface area contributed by atoms with E-state index in [-0.39, 0.29) is 0 Å². The molecule has 0 amide bonds. The molecule has 0 unspecified atom stereocenters. The summed E-state index contributed by atoms with van der Waals surface area (Å²) in [5, 5.41) is 4.54. The Labute approximate surface area is 146 Å². The molecule has 3 aromatic rings. The summed E-state index contributed by atoms with van der Waals surface area (Å²) in [4.78, 5) is 11.9. The van der Waals surface area contributed by atoms with Gasteiger partial charge in [-0.2, -0.15) is 0 Å². The summed E-state index contributed by atoms with van der Waals surface area (Å²) in [6, 6.07) is 10.2. The fourth-order valence-corrected chi connectivity index (χ4v) is 3.43. The number of benzene rings is 1. The van der Waals surface area contributed by atoms with E-state index in [1.807, 2.05) is 31.2 Å². The van der Waals surface area contributed by atoms with Crippen LogP contribution in [0.5, 0.6) is 5.75 Å². The number of fused-ring (bicyclic) bond motifs is 1. The predicted molar refractivity (Wildman–Crippen MR) is 102 cm³/mol. The van der Waals surface area contributed by atoms with E-state index in [9.17, 15) is 0 Å². The van der Waals surface area contributed by atoms with Crippen LogP contribution in [0.4, 0.5) is 11.5 Å². The zero-order chi connectivity index (χ0) is 17.1. The predicted octanol–water partition coefficient (Wildman–Crippen LogP) is 5.52. The minimum absolute atomic E-state index is 0.294. The molecule has 0 spiro atoms. The molecular formula is C19H23N3OS. The number of aryl methyl sites for hydroxylation is 1. The maximum absolute atomic E-state index is 5.50. The summed E-state index contributed by atoms with van der Waals surface area (Å²) in [7, 11) is 0. The second-order valence-electron chi connectivity index (χ2n) is 5.95. The van der Waals surface area contributed by atoms with Crippen LogP contribution in [0.3, 0.4) is 0 Å². The van der Waals surface area contributed by atoms with Gasteiger partial charge in [-0.05, 0) is 43.7 Å². The van der Waals surface area contributed by atoms with Gasteiger partial charge in [0.05, 0.1) is 12.0 Å². The van der Waals surface area contributed by atoms with Crippen molar-refractivity contribution in [3.63, 3.8) is 0 Å². The molecule has 1 N–H and O–H groups in total. The Morgan fingerprint density at radius 3 is 2.50 bits per heavy atom. The summed E-state index contributed by atoms with van der Waals surface area (Å²) in [5.41, 5.74) is 0.998. The third-order valence-corrected chi connectivity index (χ3v) is 4.93. The molecule has 126 valence electrons. The van der Waals surface area contributed by atoms with Crippen molar-refractivity contribution in [1.82, 2.24) is 9.97 Å². The molecule has 0 aliphatic heterocycles. The van der Waals surface area contributed by atoms with Gasteiger partial charge in [-0.3, -0.25) is 0 Å². The molecule has 2 heterocycles. The van der Waals surface area contributed by atoms with Crippen LogP contribution in [-0.2, 0) is 6.42 Å². The van der Waals surface area contributed by atoms with Gasteiger partial charge in [0.1, 0.15) is 22.2 Å². The van der Waals surface area contributed by atoms with E-state index in [1.165, 1.54) is 4.88 Å². The molecule has 0 aliphatic rings. The summed E-state index contributed by atoms with van der Waals surface area (Å²) in [6.45, 7) is 9.07. The Morgan fingerprint density at radius 2 is 1.88 bits per heavy atom. The minimum Gasteiger partial charge on any atom is -0.494 e. The van der Waals surface area contributed by atoms with E-state index in [1.54, 1.807) is 11.3 Å². The Bertz CT molecular complexity index is 824. The van der Waals surface area contributed by atoms with Crippen molar-refractivity contribution in [2.24, 2.45) is 0 Å². The molecule has 2 aromatic heterocycles. The van der Waals surface area contributed by atoms with Crippen LogP contribution in [0.1, 0.15) is 44.3 Å². The van der Waals surface area contributed by atoms with Crippen molar-refractivity contribution in [2.45, 2.75) is 40.0 Å². The smallest absolute Gasteiger partial charge is 0.142 e. The van der Waals surface area contributed by atoms with Crippen molar-refractivity contribution in [3.8, 4) is 5.75 Å². The first-order valence-corrected chi connectivity index (χ1v) is 9.22. The molecule has 24 heavy (non-hydrogen) atoms. The van der Waals surface area contributed by atoms with Crippen molar-refractivity contribution < 1.29 is 4.74 Å². The molecule has 0 fully saturated rings. The minimum atomic E-state index is 0.294. The van der Waals surface area contributed by atoms with Crippen molar-refractivity contribution in [3.05, 3.63) is 41.0 Å². The van der Waals surface area contributed by atoms with Crippen LogP contribution in [0.25, 0.3) is 10.2 Å². The number of nitrogens with zero attached hydrogens (tertiary/aromatic N) is 2. The Kier molecular flexibility index (Phi) is 5.00. The van der Waals surface area contributed by atoms with Crippen molar-refractivity contribution >= 4 is 33.1 Å². The second kappa shape index (κ2) is 7.18. The number of ether oxygens (including phenoxy) is 1. The molecule has 0 radical (unpaired) electrons. The highest BCUT2D eigenvalue weighted by Crippen LogP contribution is 2.32. The number of hydrogen-bond donors (Lipinski definition) is 1. The van der Waals surface area contributed by atoms with Crippen LogP contribution < -0.4 is 10.1 Å². The SMILES string of the molecule is CCOc1ccc(Nc2nc(C(C)C)nc3sc(CC)cc23)cc1. The standard InChI is InChI=1S/C19H23N3OS/c1-5-15-11-16-18(21-17(12(3)4)22-19(16)24-15)20-13-7-9-14(10-8-13)23-6-2/h7-12H,5-6H2,1-4H3,(H,20,21,22). The first-order valence-electron chi connectivity index (χ1n) is 8.41. The number of nitrogens with one attached hydrogen (secondary N) is 1. The highest BCUT2D eigenvalue weighted by atomic mass is 32.1. The third kappa shape index (κ3) is 3.51. The lowest BCUT2D eigenvalue weighted by Gasteiger charge is -2.11. The zero-order valence-electron chi connectivity index (χ0n) is 14.6. The molecule has 0 saturated carbocycles. The van der Waals surface area contributed by atoms with E-state index in [0.717, 1.165) is 39.7 Å². The monoisotopic (exact) mass is 341 g/mol. The van der Waals surface area contributed by atoms with Crippen LogP contribution >= 0.6 is 11.3 Å². The van der Waals surface area contributed by atoms with Gasteiger partial charge in [-0.25, -0.2) is 9.97 Å².